The van der Waals surface area contributed by atoms with Gasteiger partial charge in [0.15, 0.2) is 0 Å². The molecule has 3 rings (SSSR count). The van der Waals surface area contributed by atoms with E-state index in [0.29, 0.717) is 18.8 Å². The summed E-state index contributed by atoms with van der Waals surface area (Å²) in [5, 5.41) is 2.77. The summed E-state index contributed by atoms with van der Waals surface area (Å²) in [7, 11) is -2.29. The van der Waals surface area contributed by atoms with Gasteiger partial charge in [0.1, 0.15) is 10.6 Å². The van der Waals surface area contributed by atoms with Gasteiger partial charge in [0.2, 0.25) is 10.0 Å². The zero-order valence-corrected chi connectivity index (χ0v) is 17.3. The fraction of sp³-hybridized carbons (Fsp3) is 0.316. The van der Waals surface area contributed by atoms with E-state index in [-0.39, 0.29) is 22.1 Å². The SMILES string of the molecule is COc1ccc(C(=O)Nc2ccc(Br)cc2)cc1S(=O)(=O)N1CCCCC1. The maximum absolute atomic E-state index is 13.0. The number of anilines is 1. The highest BCUT2D eigenvalue weighted by Gasteiger charge is 2.29. The molecule has 1 heterocycles. The predicted octanol–water partition coefficient (Wildman–Crippen LogP) is 3.88. The van der Waals surface area contributed by atoms with E-state index < -0.39 is 10.0 Å². The highest BCUT2D eigenvalue weighted by atomic mass is 79.9. The molecular formula is C19H21BrN2O4S. The molecule has 1 aliphatic rings. The van der Waals surface area contributed by atoms with Gasteiger partial charge in [-0.25, -0.2) is 8.42 Å². The number of hydrogen-bond acceptors (Lipinski definition) is 4. The number of nitrogens with zero attached hydrogens (tertiary/aromatic N) is 1. The average molecular weight is 453 g/mol. The normalized spacial score (nSPS) is 15.3. The largest absolute Gasteiger partial charge is 0.495 e. The standard InChI is InChI=1S/C19H21BrN2O4S/c1-26-17-10-5-14(19(23)21-16-8-6-15(20)7-9-16)13-18(17)27(24,25)22-11-3-2-4-12-22/h5-10,13H,2-4,11-12H2,1H3,(H,21,23). The molecule has 0 unspecified atom stereocenters. The molecule has 0 saturated carbocycles. The number of carbonyl (C=O) groups excluding carboxylic acids is 1. The lowest BCUT2D eigenvalue weighted by Crippen LogP contribution is -2.35. The molecule has 0 spiro atoms. The van der Waals surface area contributed by atoms with E-state index >= 15 is 0 Å². The van der Waals surface area contributed by atoms with Gasteiger partial charge in [-0.2, -0.15) is 4.31 Å². The highest BCUT2D eigenvalue weighted by Crippen LogP contribution is 2.30. The van der Waals surface area contributed by atoms with E-state index in [1.54, 1.807) is 18.2 Å². The maximum atomic E-state index is 13.0. The number of ether oxygens (including phenoxy) is 1. The first kappa shape index (κ1) is 19.9. The Balaban J connectivity index is 1.90. The van der Waals surface area contributed by atoms with E-state index in [0.717, 1.165) is 23.7 Å². The minimum absolute atomic E-state index is 0.0235. The molecule has 27 heavy (non-hydrogen) atoms. The van der Waals surface area contributed by atoms with Gasteiger partial charge in [-0.05, 0) is 55.3 Å². The van der Waals surface area contributed by atoms with Gasteiger partial charge in [0.25, 0.3) is 5.91 Å². The van der Waals surface area contributed by atoms with Crippen LogP contribution >= 0.6 is 15.9 Å². The van der Waals surface area contributed by atoms with Crippen molar-refractivity contribution in [3.63, 3.8) is 0 Å². The summed E-state index contributed by atoms with van der Waals surface area (Å²) >= 11 is 3.34. The van der Waals surface area contributed by atoms with Gasteiger partial charge in [-0.15, -0.1) is 0 Å². The second-order valence-electron chi connectivity index (χ2n) is 6.29. The fourth-order valence-corrected chi connectivity index (χ4v) is 4.96. The number of carbonyl (C=O) groups is 1. The number of amides is 1. The fourth-order valence-electron chi connectivity index (χ4n) is 3.00. The van der Waals surface area contributed by atoms with Crippen molar-refractivity contribution in [1.82, 2.24) is 4.31 Å². The summed E-state index contributed by atoms with van der Waals surface area (Å²) in [5.74, 6) is -0.143. The van der Waals surface area contributed by atoms with Crippen LogP contribution in [0.5, 0.6) is 5.75 Å². The minimum Gasteiger partial charge on any atom is -0.495 e. The maximum Gasteiger partial charge on any atom is 0.255 e. The first-order chi connectivity index (χ1) is 12.9. The lowest BCUT2D eigenvalue weighted by Gasteiger charge is -2.26. The summed E-state index contributed by atoms with van der Waals surface area (Å²) in [4.78, 5) is 12.6. The van der Waals surface area contributed by atoms with Gasteiger partial charge in [0, 0.05) is 28.8 Å². The van der Waals surface area contributed by atoms with Crippen LogP contribution in [0.4, 0.5) is 5.69 Å². The molecule has 0 aliphatic carbocycles. The Bertz CT molecular complexity index is 923. The molecule has 0 radical (unpaired) electrons. The van der Waals surface area contributed by atoms with Gasteiger partial charge in [-0.3, -0.25) is 4.79 Å². The Morgan fingerprint density at radius 3 is 2.37 bits per heavy atom. The van der Waals surface area contributed by atoms with Crippen LogP contribution in [0, 0.1) is 0 Å². The van der Waals surface area contributed by atoms with Crippen LogP contribution in [-0.2, 0) is 10.0 Å². The van der Waals surface area contributed by atoms with Crippen LogP contribution in [0.3, 0.4) is 0 Å². The molecule has 0 aromatic heterocycles. The zero-order valence-electron chi connectivity index (χ0n) is 14.9. The monoisotopic (exact) mass is 452 g/mol. The Kier molecular flexibility index (Phi) is 6.18. The number of methoxy groups -OCH3 is 1. The van der Waals surface area contributed by atoms with Crippen molar-refractivity contribution in [2.75, 3.05) is 25.5 Å². The Morgan fingerprint density at radius 2 is 1.74 bits per heavy atom. The highest BCUT2D eigenvalue weighted by molar-refractivity contribution is 9.10. The van der Waals surface area contributed by atoms with Crippen molar-refractivity contribution >= 4 is 37.5 Å². The van der Waals surface area contributed by atoms with Crippen LogP contribution in [0.1, 0.15) is 29.6 Å². The first-order valence-corrected chi connectivity index (χ1v) is 10.9. The van der Waals surface area contributed by atoms with Crippen molar-refractivity contribution in [2.24, 2.45) is 0 Å². The van der Waals surface area contributed by atoms with Crippen molar-refractivity contribution in [3.05, 3.63) is 52.5 Å². The number of hydrogen-bond donors (Lipinski definition) is 1. The smallest absolute Gasteiger partial charge is 0.255 e. The van der Waals surface area contributed by atoms with Crippen molar-refractivity contribution in [1.29, 1.82) is 0 Å². The molecule has 144 valence electrons. The second kappa shape index (κ2) is 8.41. The Morgan fingerprint density at radius 1 is 1.07 bits per heavy atom. The van der Waals surface area contributed by atoms with Gasteiger partial charge < -0.3 is 10.1 Å². The molecule has 1 saturated heterocycles. The van der Waals surface area contributed by atoms with Crippen LogP contribution in [0.2, 0.25) is 0 Å². The quantitative estimate of drug-likeness (QED) is 0.746. The number of halogens is 1. The molecule has 0 bridgehead atoms. The molecular weight excluding hydrogens is 432 g/mol. The molecule has 1 N–H and O–H groups in total. The number of nitrogens with one attached hydrogen (secondary N) is 1. The van der Waals surface area contributed by atoms with Crippen LogP contribution in [0.15, 0.2) is 51.8 Å². The summed E-state index contributed by atoms with van der Waals surface area (Å²) in [6.45, 7) is 0.974. The van der Waals surface area contributed by atoms with Gasteiger partial charge in [-0.1, -0.05) is 22.4 Å². The molecule has 1 amide bonds. The summed E-state index contributed by atoms with van der Waals surface area (Å²) in [6, 6.07) is 11.6. The Hall–Kier alpha value is -1.90. The van der Waals surface area contributed by atoms with Gasteiger partial charge >= 0.3 is 0 Å². The third kappa shape index (κ3) is 4.51. The van der Waals surface area contributed by atoms with Gasteiger partial charge in [0.05, 0.1) is 7.11 Å². The van der Waals surface area contributed by atoms with Crippen LogP contribution in [0.25, 0.3) is 0 Å². The summed E-state index contributed by atoms with van der Waals surface area (Å²) in [5.41, 5.74) is 0.883. The zero-order chi connectivity index (χ0) is 19.4. The summed E-state index contributed by atoms with van der Waals surface area (Å²) in [6.07, 6.45) is 2.70. The number of piperidine rings is 1. The molecule has 8 heteroatoms. The number of rotatable bonds is 5. The van der Waals surface area contributed by atoms with E-state index in [2.05, 4.69) is 21.2 Å². The van der Waals surface area contributed by atoms with E-state index in [1.165, 1.54) is 23.5 Å². The summed E-state index contributed by atoms with van der Waals surface area (Å²) < 4.78 is 33.7. The van der Waals surface area contributed by atoms with E-state index in [4.69, 9.17) is 4.74 Å². The minimum atomic E-state index is -3.72. The molecule has 1 aliphatic heterocycles. The van der Waals surface area contributed by atoms with Crippen molar-refractivity contribution < 1.29 is 17.9 Å². The lowest BCUT2D eigenvalue weighted by atomic mass is 10.2. The predicted molar refractivity (Wildman–Crippen MR) is 108 cm³/mol. The molecule has 0 atom stereocenters. The molecule has 6 nitrogen and oxygen atoms in total. The molecule has 2 aromatic rings. The van der Waals surface area contributed by atoms with E-state index in [9.17, 15) is 13.2 Å². The van der Waals surface area contributed by atoms with Crippen LogP contribution < -0.4 is 10.1 Å². The number of sulfonamides is 1. The van der Waals surface area contributed by atoms with E-state index in [1.807, 2.05) is 12.1 Å². The second-order valence-corrected chi connectivity index (χ2v) is 9.11. The van der Waals surface area contributed by atoms with Crippen molar-refractivity contribution in [3.8, 4) is 5.75 Å². The van der Waals surface area contributed by atoms with Crippen LogP contribution in [-0.4, -0.2) is 38.8 Å². The molecule has 1 fully saturated rings. The number of benzene rings is 2. The lowest BCUT2D eigenvalue weighted by molar-refractivity contribution is 0.102. The first-order valence-electron chi connectivity index (χ1n) is 8.67. The molecule has 2 aromatic carbocycles. The third-order valence-corrected chi connectivity index (χ3v) is 6.91. The van der Waals surface area contributed by atoms with Crippen molar-refractivity contribution in [2.45, 2.75) is 24.2 Å². The Labute approximate surface area is 167 Å². The average Bonchev–Trinajstić information content (AvgIpc) is 2.69. The third-order valence-electron chi connectivity index (χ3n) is 4.46. The topological polar surface area (TPSA) is 75.7 Å².